The Kier molecular flexibility index (Phi) is 15.0. The summed E-state index contributed by atoms with van der Waals surface area (Å²) in [6.07, 6.45) is 14.4. The van der Waals surface area contributed by atoms with Crippen LogP contribution < -0.4 is 0 Å². The van der Waals surface area contributed by atoms with Crippen LogP contribution >= 0.6 is 17.0 Å². The third-order valence-corrected chi connectivity index (χ3v) is 3.18. The minimum atomic E-state index is 0. The Bertz CT molecular complexity index is 140. The molecule has 0 N–H and O–H groups in total. The summed E-state index contributed by atoms with van der Waals surface area (Å²) in [4.78, 5) is 0. The van der Waals surface area contributed by atoms with E-state index in [1.54, 1.807) is 0 Å². The van der Waals surface area contributed by atoms with E-state index >= 15 is 0 Å². The van der Waals surface area contributed by atoms with Crippen molar-refractivity contribution in [1.29, 1.82) is 0 Å². The Labute approximate surface area is 120 Å². The number of hydrogen-bond acceptors (Lipinski definition) is 0. The highest BCUT2D eigenvalue weighted by Gasteiger charge is 2.04. The van der Waals surface area contributed by atoms with Gasteiger partial charge in [0.2, 0.25) is 0 Å². The van der Waals surface area contributed by atoms with Crippen LogP contribution in [0, 0.1) is 0 Å². The van der Waals surface area contributed by atoms with Gasteiger partial charge < -0.3 is 4.48 Å². The van der Waals surface area contributed by atoms with Crippen LogP contribution in [0.15, 0.2) is 0 Å². The van der Waals surface area contributed by atoms with Crippen LogP contribution in [-0.4, -0.2) is 32.2 Å². The first-order valence-corrected chi connectivity index (χ1v) is 7.36. The van der Waals surface area contributed by atoms with Gasteiger partial charge in [-0.05, 0) is 12.8 Å². The zero-order valence-electron chi connectivity index (χ0n) is 12.6. The molecule has 0 unspecified atom stereocenters. The van der Waals surface area contributed by atoms with Crippen LogP contribution in [0.3, 0.4) is 0 Å². The molecule has 0 saturated heterocycles. The molecule has 0 bridgehead atoms. The van der Waals surface area contributed by atoms with E-state index in [2.05, 4.69) is 28.1 Å². The van der Waals surface area contributed by atoms with E-state index in [9.17, 15) is 0 Å². The summed E-state index contributed by atoms with van der Waals surface area (Å²) < 4.78 is 1.12. The molecule has 0 aliphatic carbocycles. The van der Waals surface area contributed by atoms with Crippen LogP contribution in [0.1, 0.15) is 71.1 Å². The minimum Gasteiger partial charge on any atom is -0.331 e. The van der Waals surface area contributed by atoms with Gasteiger partial charge in [-0.2, -0.15) is 0 Å². The molecule has 0 atom stereocenters. The fourth-order valence-electron chi connectivity index (χ4n) is 2.07. The Balaban J connectivity index is 0. The molecule has 17 heavy (non-hydrogen) atoms. The summed E-state index contributed by atoms with van der Waals surface area (Å²) in [5.41, 5.74) is 0. The van der Waals surface area contributed by atoms with Crippen LogP contribution in [-0.2, 0) is 0 Å². The van der Waals surface area contributed by atoms with E-state index in [1.807, 2.05) is 0 Å². The van der Waals surface area contributed by atoms with Gasteiger partial charge in [0.25, 0.3) is 0 Å². The van der Waals surface area contributed by atoms with Gasteiger partial charge in [0.1, 0.15) is 0 Å². The maximum absolute atomic E-state index is 2.29. The van der Waals surface area contributed by atoms with E-state index in [-0.39, 0.29) is 17.0 Å². The average molecular weight is 309 g/mol. The predicted molar refractivity (Wildman–Crippen MR) is 85.1 cm³/mol. The smallest absolute Gasteiger partial charge is 0.0780 e. The number of quaternary nitrogens is 1. The second kappa shape index (κ2) is 12.9. The van der Waals surface area contributed by atoms with Crippen molar-refractivity contribution < 1.29 is 4.48 Å². The molecule has 0 heterocycles. The fourth-order valence-corrected chi connectivity index (χ4v) is 2.07. The van der Waals surface area contributed by atoms with Gasteiger partial charge in [0.15, 0.2) is 0 Å². The molecule has 0 aliphatic rings. The molecule has 0 saturated carbocycles. The van der Waals surface area contributed by atoms with E-state index in [0.29, 0.717) is 0 Å². The second-order valence-corrected chi connectivity index (χ2v) is 6.20. The fraction of sp³-hybridized carbons (Fsp3) is 1.00. The first-order valence-electron chi connectivity index (χ1n) is 7.36. The van der Waals surface area contributed by atoms with Crippen LogP contribution in [0.4, 0.5) is 0 Å². The summed E-state index contributed by atoms with van der Waals surface area (Å²) in [6.45, 7) is 3.62. The average Bonchev–Trinajstić information content (AvgIpc) is 2.19. The van der Waals surface area contributed by atoms with Crippen molar-refractivity contribution in [2.45, 2.75) is 71.1 Å². The van der Waals surface area contributed by atoms with E-state index < -0.39 is 0 Å². The number of nitrogens with zero attached hydrogens (tertiary/aromatic N) is 1. The highest BCUT2D eigenvalue weighted by Crippen LogP contribution is 2.10. The van der Waals surface area contributed by atoms with Gasteiger partial charge in [-0.15, -0.1) is 17.0 Å². The van der Waals surface area contributed by atoms with Gasteiger partial charge in [-0.1, -0.05) is 58.3 Å². The van der Waals surface area contributed by atoms with Crippen LogP contribution in [0.2, 0.25) is 0 Å². The van der Waals surface area contributed by atoms with Gasteiger partial charge in [0, 0.05) is 0 Å². The normalized spacial score (nSPS) is 11.3. The number of unbranched alkanes of at least 4 members (excludes halogenated alkanes) is 9. The molecular formula is C15H35BrN+. The van der Waals surface area contributed by atoms with Crippen molar-refractivity contribution in [3.05, 3.63) is 0 Å². The van der Waals surface area contributed by atoms with E-state index in [4.69, 9.17) is 0 Å². The standard InChI is InChI=1S/C15H34N.BrH/c1-5-6-7-8-9-10-11-12-13-14-15-16(2,3)4;/h5-15H2,1-4H3;1H/q+1;. The summed E-state index contributed by atoms with van der Waals surface area (Å²) in [7, 11) is 6.86. The Morgan fingerprint density at radius 2 is 0.941 bits per heavy atom. The van der Waals surface area contributed by atoms with Gasteiger partial charge >= 0.3 is 0 Å². The minimum absolute atomic E-state index is 0. The third kappa shape index (κ3) is 19.0. The van der Waals surface area contributed by atoms with E-state index in [1.165, 1.54) is 70.8 Å². The van der Waals surface area contributed by atoms with Crippen LogP contribution in [0.25, 0.3) is 0 Å². The first kappa shape index (κ1) is 19.8. The summed E-state index contributed by atoms with van der Waals surface area (Å²) in [6, 6.07) is 0. The topological polar surface area (TPSA) is 0 Å². The molecular weight excluding hydrogens is 274 g/mol. The number of halogens is 1. The third-order valence-electron chi connectivity index (χ3n) is 3.18. The molecule has 0 amide bonds. The zero-order chi connectivity index (χ0) is 12.3. The molecule has 106 valence electrons. The van der Waals surface area contributed by atoms with Gasteiger partial charge in [0.05, 0.1) is 27.7 Å². The lowest BCUT2D eigenvalue weighted by Crippen LogP contribution is -2.35. The Morgan fingerprint density at radius 3 is 1.29 bits per heavy atom. The molecule has 1 nitrogen and oxygen atoms in total. The maximum Gasteiger partial charge on any atom is 0.0780 e. The summed E-state index contributed by atoms with van der Waals surface area (Å²) >= 11 is 0. The van der Waals surface area contributed by atoms with Gasteiger partial charge in [-0.25, -0.2) is 0 Å². The maximum atomic E-state index is 2.29. The van der Waals surface area contributed by atoms with Crippen molar-refractivity contribution in [2.24, 2.45) is 0 Å². The SMILES string of the molecule is Br.CCCCCCCCCCCC[N+](C)(C)C. The molecule has 2 heteroatoms. The number of rotatable bonds is 11. The predicted octanol–water partition coefficient (Wildman–Crippen LogP) is 5.19. The second-order valence-electron chi connectivity index (χ2n) is 6.20. The van der Waals surface area contributed by atoms with Crippen molar-refractivity contribution in [3.63, 3.8) is 0 Å². The highest BCUT2D eigenvalue weighted by atomic mass is 79.9. The molecule has 0 spiro atoms. The van der Waals surface area contributed by atoms with Crippen molar-refractivity contribution in [1.82, 2.24) is 0 Å². The summed E-state index contributed by atoms with van der Waals surface area (Å²) in [5.74, 6) is 0. The Hall–Kier alpha value is 0.440. The Morgan fingerprint density at radius 1 is 0.588 bits per heavy atom. The molecule has 0 aromatic heterocycles. The highest BCUT2D eigenvalue weighted by molar-refractivity contribution is 8.93. The van der Waals surface area contributed by atoms with E-state index in [0.717, 1.165) is 4.48 Å². The lowest BCUT2D eigenvalue weighted by atomic mass is 10.1. The van der Waals surface area contributed by atoms with Crippen molar-refractivity contribution in [3.8, 4) is 0 Å². The molecule has 0 radical (unpaired) electrons. The quantitative estimate of drug-likeness (QED) is 0.364. The summed E-state index contributed by atoms with van der Waals surface area (Å²) in [5, 5.41) is 0. The van der Waals surface area contributed by atoms with Crippen LogP contribution in [0.5, 0.6) is 0 Å². The molecule has 0 fully saturated rings. The first-order chi connectivity index (χ1) is 7.56. The number of hydrogen-bond donors (Lipinski definition) is 0. The lowest BCUT2D eigenvalue weighted by molar-refractivity contribution is -0.870. The molecule has 0 aromatic rings. The monoisotopic (exact) mass is 308 g/mol. The lowest BCUT2D eigenvalue weighted by Gasteiger charge is -2.23. The largest absolute Gasteiger partial charge is 0.331 e. The van der Waals surface area contributed by atoms with Crippen molar-refractivity contribution in [2.75, 3.05) is 27.7 Å². The molecule has 0 aromatic carbocycles. The van der Waals surface area contributed by atoms with Gasteiger partial charge in [-0.3, -0.25) is 0 Å². The van der Waals surface area contributed by atoms with Crippen molar-refractivity contribution >= 4 is 17.0 Å². The molecule has 0 rings (SSSR count). The zero-order valence-corrected chi connectivity index (χ0v) is 14.3. The molecule has 0 aliphatic heterocycles.